The zero-order valence-corrected chi connectivity index (χ0v) is 38.9. The minimum atomic E-state index is -4.38. The summed E-state index contributed by atoms with van der Waals surface area (Å²) in [6.45, 7) is 3.78. The molecule has 0 aromatic rings. The second-order valence-corrected chi connectivity index (χ2v) is 18.1. The van der Waals surface area contributed by atoms with Crippen LogP contribution in [0.25, 0.3) is 0 Å². The van der Waals surface area contributed by atoms with Gasteiger partial charge in [0.05, 0.1) is 13.2 Å². The molecule has 0 heterocycles. The number of hydrogen-bond donors (Lipinski definition) is 2. The number of nitrogens with two attached hydrogens (primary N) is 1. The number of carbonyl (C=O) groups excluding carboxylic acids is 2. The van der Waals surface area contributed by atoms with Gasteiger partial charge in [-0.2, -0.15) is 0 Å². The van der Waals surface area contributed by atoms with Crippen molar-refractivity contribution in [3.8, 4) is 0 Å². The van der Waals surface area contributed by atoms with Crippen LogP contribution in [0.1, 0.15) is 251 Å². The van der Waals surface area contributed by atoms with Crippen molar-refractivity contribution >= 4 is 19.8 Å². The van der Waals surface area contributed by atoms with Gasteiger partial charge >= 0.3 is 19.8 Å². The summed E-state index contributed by atoms with van der Waals surface area (Å²) in [5.74, 6) is -0.815. The Balaban J connectivity index is 4.04. The van der Waals surface area contributed by atoms with E-state index in [-0.39, 0.29) is 38.6 Å². The summed E-state index contributed by atoms with van der Waals surface area (Å²) < 4.78 is 32.9. The molecule has 0 aliphatic carbocycles. The van der Waals surface area contributed by atoms with E-state index in [0.29, 0.717) is 6.42 Å². The molecule has 0 radical (unpaired) electrons. The molecule has 58 heavy (non-hydrogen) atoms. The van der Waals surface area contributed by atoms with Crippen molar-refractivity contribution in [1.29, 1.82) is 0 Å². The molecule has 344 valence electrons. The van der Waals surface area contributed by atoms with Crippen molar-refractivity contribution in [3.05, 3.63) is 12.2 Å². The first-order valence-corrected chi connectivity index (χ1v) is 26.2. The summed E-state index contributed by atoms with van der Waals surface area (Å²) in [6.07, 6.45) is 48.1. The number of unbranched alkanes of at least 4 members (excludes halogenated alkanes) is 32. The highest BCUT2D eigenvalue weighted by Crippen LogP contribution is 2.43. The Labute approximate surface area is 358 Å². The topological polar surface area (TPSA) is 134 Å². The quantitative estimate of drug-likeness (QED) is 0.0266. The molecule has 0 rings (SSSR count). The van der Waals surface area contributed by atoms with Gasteiger partial charge in [-0.05, 0) is 38.5 Å². The molecule has 1 unspecified atom stereocenters. The number of allylic oxidation sites excluding steroid dienone is 2. The maximum atomic E-state index is 12.6. The van der Waals surface area contributed by atoms with E-state index in [1.165, 1.54) is 186 Å². The van der Waals surface area contributed by atoms with Crippen LogP contribution < -0.4 is 5.73 Å². The van der Waals surface area contributed by atoms with E-state index in [2.05, 4.69) is 26.0 Å². The summed E-state index contributed by atoms with van der Waals surface area (Å²) in [5, 5.41) is 0. The van der Waals surface area contributed by atoms with Gasteiger partial charge in [-0.15, -0.1) is 0 Å². The minimum Gasteiger partial charge on any atom is -0.462 e. The number of rotatable bonds is 47. The molecule has 0 saturated heterocycles. The van der Waals surface area contributed by atoms with E-state index in [9.17, 15) is 19.0 Å². The van der Waals surface area contributed by atoms with Crippen LogP contribution in [0.2, 0.25) is 0 Å². The minimum absolute atomic E-state index is 0.0564. The summed E-state index contributed by atoms with van der Waals surface area (Å²) in [4.78, 5) is 35.0. The third-order valence-electron chi connectivity index (χ3n) is 10.9. The van der Waals surface area contributed by atoms with Crippen LogP contribution in [0.15, 0.2) is 12.2 Å². The molecule has 0 spiro atoms. The van der Waals surface area contributed by atoms with Crippen molar-refractivity contribution in [1.82, 2.24) is 0 Å². The van der Waals surface area contributed by atoms with E-state index in [1.54, 1.807) is 0 Å². The Morgan fingerprint density at radius 2 is 0.845 bits per heavy atom. The molecule has 0 fully saturated rings. The first-order valence-electron chi connectivity index (χ1n) is 24.7. The average molecular weight is 844 g/mol. The first kappa shape index (κ1) is 56.8. The fourth-order valence-electron chi connectivity index (χ4n) is 7.22. The predicted molar refractivity (Wildman–Crippen MR) is 243 cm³/mol. The van der Waals surface area contributed by atoms with Crippen molar-refractivity contribution in [2.24, 2.45) is 5.73 Å². The third-order valence-corrected chi connectivity index (χ3v) is 11.9. The largest absolute Gasteiger partial charge is 0.472 e. The number of carbonyl (C=O) groups is 2. The molecular weight excluding hydrogens is 750 g/mol. The molecule has 2 atom stereocenters. The molecule has 0 bridgehead atoms. The molecule has 0 saturated carbocycles. The third kappa shape index (κ3) is 44.3. The standard InChI is InChI=1S/C48H94NO8P/c1-3-5-7-9-11-13-15-17-19-21-23-25-26-28-30-32-34-36-38-40-47(50)54-44-46(45-56-58(52,53)55-43-42-49)57-48(51)41-39-37-35-33-31-29-27-24-22-20-18-16-14-12-10-8-6-4-2/h17,19,46H,3-16,18,20-45,49H2,1-2H3,(H,52,53)/b19-17+/t46-/m1/s1. The maximum absolute atomic E-state index is 12.6. The molecule has 0 aliphatic heterocycles. The van der Waals surface area contributed by atoms with Crippen LogP contribution >= 0.6 is 7.82 Å². The van der Waals surface area contributed by atoms with Gasteiger partial charge in [0, 0.05) is 19.4 Å². The highest BCUT2D eigenvalue weighted by molar-refractivity contribution is 7.47. The van der Waals surface area contributed by atoms with Crippen LogP contribution in [0, 0.1) is 0 Å². The lowest BCUT2D eigenvalue weighted by Gasteiger charge is -2.19. The fourth-order valence-corrected chi connectivity index (χ4v) is 7.99. The Bertz CT molecular complexity index is 964. The van der Waals surface area contributed by atoms with Crippen molar-refractivity contribution in [3.63, 3.8) is 0 Å². The summed E-state index contributed by atoms with van der Waals surface area (Å²) in [5.41, 5.74) is 5.36. The first-order chi connectivity index (χ1) is 28.3. The number of esters is 2. The molecule has 0 aromatic carbocycles. The van der Waals surface area contributed by atoms with Gasteiger partial charge < -0.3 is 20.1 Å². The van der Waals surface area contributed by atoms with Gasteiger partial charge in [0.2, 0.25) is 0 Å². The van der Waals surface area contributed by atoms with Crippen LogP contribution in [-0.4, -0.2) is 49.3 Å². The SMILES string of the molecule is CCCCCCCC/C=C/CCCCCCCCCCCC(=O)OC[C@H](COP(=O)(O)OCCN)OC(=O)CCCCCCCCCCCCCCCCCCCC. The van der Waals surface area contributed by atoms with Crippen LogP contribution in [0.5, 0.6) is 0 Å². The van der Waals surface area contributed by atoms with E-state index in [0.717, 1.165) is 32.1 Å². The smallest absolute Gasteiger partial charge is 0.462 e. The molecule has 0 aliphatic rings. The van der Waals surface area contributed by atoms with E-state index < -0.39 is 26.5 Å². The molecule has 0 aromatic heterocycles. The van der Waals surface area contributed by atoms with Gasteiger partial charge in [0.25, 0.3) is 0 Å². The van der Waals surface area contributed by atoms with Crippen molar-refractivity contribution in [2.45, 2.75) is 258 Å². The molecule has 0 amide bonds. The number of phosphoric ester groups is 1. The van der Waals surface area contributed by atoms with Gasteiger partial charge in [-0.25, -0.2) is 4.57 Å². The van der Waals surface area contributed by atoms with E-state index in [4.69, 9.17) is 24.3 Å². The number of hydrogen-bond acceptors (Lipinski definition) is 8. The fraction of sp³-hybridized carbons (Fsp3) is 0.917. The molecular formula is C48H94NO8P. The summed E-state index contributed by atoms with van der Waals surface area (Å²) >= 11 is 0. The maximum Gasteiger partial charge on any atom is 0.472 e. The lowest BCUT2D eigenvalue weighted by molar-refractivity contribution is -0.161. The predicted octanol–water partition coefficient (Wildman–Crippen LogP) is 14.6. The Hall–Kier alpha value is -1.25. The Kier molecular flexibility index (Phi) is 44.3. The normalized spacial score (nSPS) is 13.2. The van der Waals surface area contributed by atoms with Gasteiger partial charge in [-0.3, -0.25) is 18.6 Å². The Morgan fingerprint density at radius 1 is 0.500 bits per heavy atom. The monoisotopic (exact) mass is 844 g/mol. The second kappa shape index (κ2) is 45.3. The van der Waals surface area contributed by atoms with Crippen molar-refractivity contribution < 1.29 is 37.6 Å². The number of ether oxygens (including phenoxy) is 2. The van der Waals surface area contributed by atoms with Crippen LogP contribution in [0.4, 0.5) is 0 Å². The lowest BCUT2D eigenvalue weighted by atomic mass is 10.0. The van der Waals surface area contributed by atoms with Gasteiger partial charge in [0.15, 0.2) is 6.10 Å². The number of phosphoric acid groups is 1. The highest BCUT2D eigenvalue weighted by Gasteiger charge is 2.26. The van der Waals surface area contributed by atoms with Crippen molar-refractivity contribution in [2.75, 3.05) is 26.4 Å². The van der Waals surface area contributed by atoms with Gasteiger partial charge in [-0.1, -0.05) is 212 Å². The molecule has 9 nitrogen and oxygen atoms in total. The molecule has 3 N–H and O–H groups in total. The lowest BCUT2D eigenvalue weighted by Crippen LogP contribution is -2.29. The zero-order valence-electron chi connectivity index (χ0n) is 38.1. The van der Waals surface area contributed by atoms with Gasteiger partial charge in [0.1, 0.15) is 6.61 Å². The summed E-state index contributed by atoms with van der Waals surface area (Å²) in [6, 6.07) is 0. The average Bonchev–Trinajstić information content (AvgIpc) is 3.21. The van der Waals surface area contributed by atoms with Crippen LogP contribution in [0.3, 0.4) is 0 Å². The summed E-state index contributed by atoms with van der Waals surface area (Å²) in [7, 11) is -4.38. The zero-order chi connectivity index (χ0) is 42.5. The van der Waals surface area contributed by atoms with E-state index >= 15 is 0 Å². The second-order valence-electron chi connectivity index (χ2n) is 16.7. The molecule has 10 heteroatoms. The van der Waals surface area contributed by atoms with E-state index in [1.807, 2.05) is 0 Å². The highest BCUT2D eigenvalue weighted by atomic mass is 31.2. The Morgan fingerprint density at radius 3 is 1.22 bits per heavy atom. The van der Waals surface area contributed by atoms with Crippen LogP contribution in [-0.2, 0) is 32.7 Å².